The van der Waals surface area contributed by atoms with Crippen LogP contribution in [0.1, 0.15) is 15.9 Å². The van der Waals surface area contributed by atoms with Crippen LogP contribution in [0.4, 0.5) is 5.69 Å². The van der Waals surface area contributed by atoms with Crippen molar-refractivity contribution >= 4 is 21.5 Å². The SMILES string of the molecule is CN(CCS(C)(=O)=O)Cc1cccc(N)c1C(=O)O. The van der Waals surface area contributed by atoms with Crippen molar-refractivity contribution in [2.75, 3.05) is 31.3 Å². The summed E-state index contributed by atoms with van der Waals surface area (Å²) in [6, 6.07) is 4.89. The van der Waals surface area contributed by atoms with E-state index in [0.29, 0.717) is 18.7 Å². The van der Waals surface area contributed by atoms with Gasteiger partial charge in [0.05, 0.1) is 11.3 Å². The van der Waals surface area contributed by atoms with Crippen LogP contribution in [0.3, 0.4) is 0 Å². The highest BCUT2D eigenvalue weighted by molar-refractivity contribution is 7.90. The number of nitrogens with zero attached hydrogens (tertiary/aromatic N) is 1. The number of nitrogens with two attached hydrogens (primary N) is 1. The van der Waals surface area contributed by atoms with E-state index in [9.17, 15) is 13.2 Å². The summed E-state index contributed by atoms with van der Waals surface area (Å²) < 4.78 is 22.2. The average molecular weight is 286 g/mol. The molecule has 7 heteroatoms. The van der Waals surface area contributed by atoms with Crippen molar-refractivity contribution in [1.29, 1.82) is 0 Å². The number of carbonyl (C=O) groups is 1. The zero-order valence-electron chi connectivity index (χ0n) is 11.0. The molecule has 0 fully saturated rings. The van der Waals surface area contributed by atoms with E-state index in [1.165, 1.54) is 12.3 Å². The molecule has 0 aliphatic heterocycles. The summed E-state index contributed by atoms with van der Waals surface area (Å²) in [6.45, 7) is 0.675. The second-order valence-electron chi connectivity index (χ2n) is 4.55. The molecule has 0 radical (unpaired) electrons. The highest BCUT2D eigenvalue weighted by Crippen LogP contribution is 2.18. The maximum absolute atomic E-state index is 11.1. The topological polar surface area (TPSA) is 101 Å². The summed E-state index contributed by atoms with van der Waals surface area (Å²) in [7, 11) is -1.29. The first kappa shape index (κ1) is 15.5. The van der Waals surface area contributed by atoms with Gasteiger partial charge in [-0.05, 0) is 18.7 Å². The molecule has 1 aromatic carbocycles. The van der Waals surface area contributed by atoms with E-state index in [1.807, 2.05) is 0 Å². The van der Waals surface area contributed by atoms with Gasteiger partial charge in [-0.3, -0.25) is 0 Å². The van der Waals surface area contributed by atoms with Crippen molar-refractivity contribution in [3.63, 3.8) is 0 Å². The first-order valence-corrected chi connectivity index (χ1v) is 7.73. The Morgan fingerprint density at radius 3 is 2.58 bits per heavy atom. The van der Waals surface area contributed by atoms with Crippen LogP contribution in [-0.2, 0) is 16.4 Å². The number of anilines is 1. The third kappa shape index (κ3) is 4.88. The highest BCUT2D eigenvalue weighted by atomic mass is 32.2. The van der Waals surface area contributed by atoms with Crippen LogP contribution in [0.15, 0.2) is 18.2 Å². The molecule has 0 unspecified atom stereocenters. The van der Waals surface area contributed by atoms with E-state index in [4.69, 9.17) is 10.8 Å². The molecule has 0 aliphatic rings. The van der Waals surface area contributed by atoms with E-state index >= 15 is 0 Å². The van der Waals surface area contributed by atoms with Crippen LogP contribution in [0.2, 0.25) is 0 Å². The molecule has 19 heavy (non-hydrogen) atoms. The molecule has 1 aromatic rings. The second-order valence-corrected chi connectivity index (χ2v) is 6.81. The van der Waals surface area contributed by atoms with Gasteiger partial charge in [0.25, 0.3) is 0 Å². The number of aromatic carboxylic acids is 1. The zero-order valence-corrected chi connectivity index (χ0v) is 11.8. The van der Waals surface area contributed by atoms with E-state index in [2.05, 4.69) is 0 Å². The predicted octanol–water partition coefficient (Wildman–Crippen LogP) is 0.443. The van der Waals surface area contributed by atoms with Gasteiger partial charge in [0.1, 0.15) is 9.84 Å². The van der Waals surface area contributed by atoms with Crippen molar-refractivity contribution in [2.45, 2.75) is 6.54 Å². The minimum atomic E-state index is -3.03. The maximum Gasteiger partial charge on any atom is 0.338 e. The molecule has 0 aromatic heterocycles. The minimum Gasteiger partial charge on any atom is -0.478 e. The molecule has 6 nitrogen and oxygen atoms in total. The summed E-state index contributed by atoms with van der Waals surface area (Å²) in [5.74, 6) is -1.04. The summed E-state index contributed by atoms with van der Waals surface area (Å²) in [6.07, 6.45) is 1.17. The Bertz CT molecular complexity index is 569. The molecule has 0 saturated carbocycles. The predicted molar refractivity (Wildman–Crippen MR) is 73.9 cm³/mol. The lowest BCUT2D eigenvalue weighted by molar-refractivity contribution is 0.0696. The fourth-order valence-corrected chi connectivity index (χ4v) is 2.35. The lowest BCUT2D eigenvalue weighted by Gasteiger charge is -2.18. The molecule has 3 N–H and O–H groups in total. The van der Waals surface area contributed by atoms with Crippen LogP contribution in [0, 0.1) is 0 Å². The Balaban J connectivity index is 2.82. The third-order valence-corrected chi connectivity index (χ3v) is 3.61. The van der Waals surface area contributed by atoms with Crippen LogP contribution in [0.25, 0.3) is 0 Å². The van der Waals surface area contributed by atoms with E-state index in [0.717, 1.165) is 0 Å². The van der Waals surface area contributed by atoms with Gasteiger partial charge in [-0.25, -0.2) is 13.2 Å². The molecular formula is C12H18N2O4S. The van der Waals surface area contributed by atoms with Crippen molar-refractivity contribution in [2.24, 2.45) is 0 Å². The van der Waals surface area contributed by atoms with E-state index in [-0.39, 0.29) is 17.0 Å². The normalized spacial score (nSPS) is 11.7. The monoisotopic (exact) mass is 286 g/mol. The molecule has 0 bridgehead atoms. The lowest BCUT2D eigenvalue weighted by Crippen LogP contribution is -2.26. The first-order chi connectivity index (χ1) is 8.70. The van der Waals surface area contributed by atoms with Gasteiger partial charge >= 0.3 is 5.97 Å². The van der Waals surface area contributed by atoms with Crippen molar-refractivity contribution in [1.82, 2.24) is 4.90 Å². The average Bonchev–Trinajstić information content (AvgIpc) is 2.25. The summed E-state index contributed by atoms with van der Waals surface area (Å²) in [5.41, 5.74) is 6.51. The molecular weight excluding hydrogens is 268 g/mol. The fraction of sp³-hybridized carbons (Fsp3) is 0.417. The number of carboxylic acid groups (broad SMARTS) is 1. The zero-order chi connectivity index (χ0) is 14.6. The summed E-state index contributed by atoms with van der Waals surface area (Å²) in [4.78, 5) is 12.9. The van der Waals surface area contributed by atoms with Crippen LogP contribution < -0.4 is 5.73 Å². The molecule has 0 atom stereocenters. The van der Waals surface area contributed by atoms with Gasteiger partial charge in [0, 0.05) is 25.0 Å². The van der Waals surface area contributed by atoms with Gasteiger partial charge in [-0.1, -0.05) is 12.1 Å². The Hall–Kier alpha value is -1.60. The van der Waals surface area contributed by atoms with Crippen molar-refractivity contribution in [3.05, 3.63) is 29.3 Å². The Labute approximate surface area is 112 Å². The fourth-order valence-electron chi connectivity index (χ4n) is 1.70. The van der Waals surface area contributed by atoms with E-state index in [1.54, 1.807) is 24.1 Å². The number of benzene rings is 1. The van der Waals surface area contributed by atoms with Crippen LogP contribution in [-0.4, -0.2) is 50.0 Å². The van der Waals surface area contributed by atoms with Crippen molar-refractivity contribution < 1.29 is 18.3 Å². The standard InChI is InChI=1S/C12H18N2O4S/c1-14(6-7-19(2,17)18)8-9-4-3-5-10(13)11(9)12(15)16/h3-5H,6-8,13H2,1-2H3,(H,15,16). The quantitative estimate of drug-likeness (QED) is 0.736. The van der Waals surface area contributed by atoms with Crippen LogP contribution in [0.5, 0.6) is 0 Å². The van der Waals surface area contributed by atoms with Gasteiger partial charge in [-0.2, -0.15) is 0 Å². The number of carboxylic acids is 1. The van der Waals surface area contributed by atoms with Crippen molar-refractivity contribution in [3.8, 4) is 0 Å². The highest BCUT2D eigenvalue weighted by Gasteiger charge is 2.15. The Morgan fingerprint density at radius 1 is 1.42 bits per heavy atom. The number of nitrogen functional groups attached to an aromatic ring is 1. The van der Waals surface area contributed by atoms with Gasteiger partial charge in [-0.15, -0.1) is 0 Å². The molecule has 0 saturated heterocycles. The first-order valence-electron chi connectivity index (χ1n) is 5.67. The molecule has 1 rings (SSSR count). The van der Waals surface area contributed by atoms with Crippen LogP contribution >= 0.6 is 0 Å². The maximum atomic E-state index is 11.1. The smallest absolute Gasteiger partial charge is 0.338 e. The molecule has 106 valence electrons. The number of hydrogen-bond donors (Lipinski definition) is 2. The molecule has 0 heterocycles. The summed E-state index contributed by atoms with van der Waals surface area (Å²) in [5, 5.41) is 9.12. The summed E-state index contributed by atoms with van der Waals surface area (Å²) >= 11 is 0. The van der Waals surface area contributed by atoms with E-state index < -0.39 is 15.8 Å². The molecule has 0 spiro atoms. The Morgan fingerprint density at radius 2 is 2.05 bits per heavy atom. The minimum absolute atomic E-state index is 0.0359. The number of sulfone groups is 1. The van der Waals surface area contributed by atoms with Gasteiger partial charge in [0.15, 0.2) is 0 Å². The number of rotatable bonds is 6. The number of hydrogen-bond acceptors (Lipinski definition) is 5. The third-order valence-electron chi connectivity index (χ3n) is 2.68. The molecule has 0 amide bonds. The lowest BCUT2D eigenvalue weighted by atomic mass is 10.1. The Kier molecular flexibility index (Phi) is 4.90. The van der Waals surface area contributed by atoms with Gasteiger partial charge in [0.2, 0.25) is 0 Å². The molecule has 0 aliphatic carbocycles. The largest absolute Gasteiger partial charge is 0.478 e. The second kappa shape index (κ2) is 6.03. The van der Waals surface area contributed by atoms with Gasteiger partial charge < -0.3 is 15.7 Å².